The van der Waals surface area contributed by atoms with Crippen molar-refractivity contribution >= 4 is 27.5 Å². The van der Waals surface area contributed by atoms with Crippen molar-refractivity contribution in [2.24, 2.45) is 5.92 Å². The summed E-state index contributed by atoms with van der Waals surface area (Å²) in [6, 6.07) is 30.4. The number of carbonyl (C=O) groups excluding carboxylic acids is 2. The van der Waals surface area contributed by atoms with E-state index in [-0.39, 0.29) is 35.0 Å². The third-order valence-electron chi connectivity index (χ3n) is 6.91. The third-order valence-corrected chi connectivity index (χ3v) is 8.70. The van der Waals surface area contributed by atoms with Crippen LogP contribution < -0.4 is 9.62 Å². The van der Waals surface area contributed by atoms with Crippen molar-refractivity contribution in [2.75, 3.05) is 17.4 Å². The van der Waals surface area contributed by atoms with Gasteiger partial charge in [0.25, 0.3) is 10.0 Å². The minimum atomic E-state index is -4.18. The Bertz CT molecular complexity index is 1600. The first-order valence-corrected chi connectivity index (χ1v) is 15.6. The number of benzene rings is 4. The molecule has 0 aliphatic carbocycles. The lowest BCUT2D eigenvalue weighted by molar-refractivity contribution is -0.140. The number of nitrogens with one attached hydrogen (secondary N) is 1. The average molecular weight is 602 g/mol. The second kappa shape index (κ2) is 14.6. The molecule has 4 aromatic rings. The van der Waals surface area contributed by atoms with Gasteiger partial charge in [0, 0.05) is 25.1 Å². The Labute approximate surface area is 253 Å². The summed E-state index contributed by atoms with van der Waals surface area (Å²) < 4.78 is 43.8. The number of hydrogen-bond acceptors (Lipinski definition) is 4. The van der Waals surface area contributed by atoms with Crippen molar-refractivity contribution < 1.29 is 22.4 Å². The molecular weight excluding hydrogens is 565 g/mol. The lowest BCUT2D eigenvalue weighted by Crippen LogP contribution is -2.53. The summed E-state index contributed by atoms with van der Waals surface area (Å²) >= 11 is 0. The average Bonchev–Trinajstić information content (AvgIpc) is 3.02. The van der Waals surface area contributed by atoms with E-state index in [0.717, 1.165) is 9.87 Å². The minimum absolute atomic E-state index is 0.0165. The number of nitrogens with zero attached hydrogens (tertiary/aromatic N) is 2. The zero-order valence-corrected chi connectivity index (χ0v) is 25.1. The first-order valence-electron chi connectivity index (χ1n) is 14.1. The summed E-state index contributed by atoms with van der Waals surface area (Å²) in [7, 11) is -4.18. The molecule has 4 rings (SSSR count). The van der Waals surface area contributed by atoms with E-state index in [1.807, 2.05) is 44.2 Å². The van der Waals surface area contributed by atoms with Crippen LogP contribution in [0.1, 0.15) is 25.0 Å². The van der Waals surface area contributed by atoms with Gasteiger partial charge in [0.15, 0.2) is 0 Å². The van der Waals surface area contributed by atoms with Gasteiger partial charge in [0.2, 0.25) is 11.8 Å². The van der Waals surface area contributed by atoms with E-state index in [9.17, 15) is 22.4 Å². The molecular formula is C34H36FN3O4S. The van der Waals surface area contributed by atoms with Gasteiger partial charge in [-0.15, -0.1) is 0 Å². The van der Waals surface area contributed by atoms with Gasteiger partial charge in [-0.1, -0.05) is 98.8 Å². The molecule has 0 aliphatic heterocycles. The predicted molar refractivity (Wildman–Crippen MR) is 166 cm³/mol. The van der Waals surface area contributed by atoms with E-state index in [4.69, 9.17) is 0 Å². The van der Waals surface area contributed by atoms with Crippen LogP contribution in [0.5, 0.6) is 0 Å². The highest BCUT2D eigenvalue weighted by Gasteiger charge is 2.35. The van der Waals surface area contributed by atoms with Crippen molar-refractivity contribution in [3.63, 3.8) is 0 Å². The molecule has 224 valence electrons. The Balaban J connectivity index is 1.78. The number of para-hydroxylation sites is 1. The number of sulfonamides is 1. The molecule has 43 heavy (non-hydrogen) atoms. The molecule has 9 heteroatoms. The van der Waals surface area contributed by atoms with Gasteiger partial charge in [-0.05, 0) is 41.8 Å². The van der Waals surface area contributed by atoms with Gasteiger partial charge in [-0.25, -0.2) is 12.8 Å². The van der Waals surface area contributed by atoms with Crippen LogP contribution >= 0.6 is 0 Å². The van der Waals surface area contributed by atoms with Crippen LogP contribution in [-0.2, 0) is 32.6 Å². The Morgan fingerprint density at radius 2 is 1.35 bits per heavy atom. The third kappa shape index (κ3) is 8.29. The predicted octanol–water partition coefficient (Wildman–Crippen LogP) is 5.43. The number of hydrogen-bond donors (Lipinski definition) is 1. The Morgan fingerprint density at radius 3 is 1.95 bits per heavy atom. The highest BCUT2D eigenvalue weighted by molar-refractivity contribution is 7.92. The molecule has 2 amide bonds. The summed E-state index contributed by atoms with van der Waals surface area (Å²) in [5, 5.41) is 2.92. The molecule has 0 aromatic heterocycles. The molecule has 4 aromatic carbocycles. The molecule has 0 unspecified atom stereocenters. The SMILES string of the molecule is CC(C)CNC(=O)[C@@H](Cc1ccccc1)N(Cc1ccccc1F)C(=O)CN(c1ccccc1)S(=O)(=O)c1ccccc1. The van der Waals surface area contributed by atoms with E-state index in [1.165, 1.54) is 23.1 Å². The number of amides is 2. The maximum absolute atomic E-state index is 15.0. The lowest BCUT2D eigenvalue weighted by Gasteiger charge is -2.34. The van der Waals surface area contributed by atoms with Gasteiger partial charge < -0.3 is 10.2 Å². The number of anilines is 1. The topological polar surface area (TPSA) is 86.8 Å². The van der Waals surface area contributed by atoms with Crippen molar-refractivity contribution in [3.8, 4) is 0 Å². The molecule has 1 atom stereocenters. The van der Waals surface area contributed by atoms with E-state index < -0.39 is 40.2 Å². The highest BCUT2D eigenvalue weighted by atomic mass is 32.2. The van der Waals surface area contributed by atoms with Gasteiger partial charge in [-0.2, -0.15) is 0 Å². The first kappa shape index (κ1) is 31.4. The standard InChI is InChI=1S/C34H36FN3O4S/c1-26(2)23-36-34(40)32(22-27-14-6-3-7-15-27)37(24-28-16-12-13-21-31(28)35)33(39)25-38(29-17-8-4-9-18-29)43(41,42)30-19-10-5-11-20-30/h3-21,26,32H,22-25H2,1-2H3,(H,36,40)/t32-/m1/s1. The summed E-state index contributed by atoms with van der Waals surface area (Å²) in [6.07, 6.45) is 0.154. The van der Waals surface area contributed by atoms with Crippen LogP contribution in [-0.4, -0.2) is 44.3 Å². The molecule has 0 saturated carbocycles. The van der Waals surface area contributed by atoms with Gasteiger partial charge in [0.05, 0.1) is 10.6 Å². The van der Waals surface area contributed by atoms with E-state index in [0.29, 0.717) is 6.54 Å². The maximum atomic E-state index is 15.0. The molecule has 0 radical (unpaired) electrons. The monoisotopic (exact) mass is 601 g/mol. The van der Waals surface area contributed by atoms with E-state index in [2.05, 4.69) is 5.32 Å². The summed E-state index contributed by atoms with van der Waals surface area (Å²) in [4.78, 5) is 29.3. The zero-order chi connectivity index (χ0) is 30.8. The lowest BCUT2D eigenvalue weighted by atomic mass is 10.0. The van der Waals surface area contributed by atoms with Crippen molar-refractivity contribution in [1.82, 2.24) is 10.2 Å². The fourth-order valence-corrected chi connectivity index (χ4v) is 6.06. The molecule has 0 spiro atoms. The Morgan fingerprint density at radius 1 is 0.791 bits per heavy atom. The fraction of sp³-hybridized carbons (Fsp3) is 0.235. The molecule has 0 aliphatic rings. The number of carbonyl (C=O) groups is 2. The summed E-state index contributed by atoms with van der Waals surface area (Å²) in [5.74, 6) is -1.42. The van der Waals surface area contributed by atoms with Crippen LogP contribution in [0.2, 0.25) is 0 Å². The molecule has 0 fully saturated rings. The normalized spacial score (nSPS) is 12.0. The molecule has 0 saturated heterocycles. The number of halogens is 1. The zero-order valence-electron chi connectivity index (χ0n) is 24.3. The number of rotatable bonds is 13. The fourth-order valence-electron chi connectivity index (χ4n) is 4.63. The van der Waals surface area contributed by atoms with Crippen molar-refractivity contribution in [1.29, 1.82) is 0 Å². The summed E-state index contributed by atoms with van der Waals surface area (Å²) in [6.45, 7) is 3.47. The van der Waals surface area contributed by atoms with Crippen LogP contribution in [0.25, 0.3) is 0 Å². The Kier molecular flexibility index (Phi) is 10.7. The van der Waals surface area contributed by atoms with Crippen molar-refractivity contribution in [2.45, 2.75) is 37.8 Å². The maximum Gasteiger partial charge on any atom is 0.264 e. The quantitative estimate of drug-likeness (QED) is 0.221. The first-order chi connectivity index (χ1) is 20.7. The molecule has 1 N–H and O–H groups in total. The van der Waals surface area contributed by atoms with Crippen LogP contribution in [0.3, 0.4) is 0 Å². The van der Waals surface area contributed by atoms with E-state index in [1.54, 1.807) is 66.7 Å². The van der Waals surface area contributed by atoms with Gasteiger partial charge in [0.1, 0.15) is 18.4 Å². The second-order valence-electron chi connectivity index (χ2n) is 10.6. The molecule has 0 heterocycles. The van der Waals surface area contributed by atoms with Crippen molar-refractivity contribution in [3.05, 3.63) is 132 Å². The van der Waals surface area contributed by atoms with Crippen LogP contribution in [0.4, 0.5) is 10.1 Å². The van der Waals surface area contributed by atoms with Gasteiger partial charge >= 0.3 is 0 Å². The molecule has 7 nitrogen and oxygen atoms in total. The Hall–Kier alpha value is -4.50. The highest BCUT2D eigenvalue weighted by Crippen LogP contribution is 2.25. The largest absolute Gasteiger partial charge is 0.354 e. The summed E-state index contributed by atoms with van der Waals surface area (Å²) in [5.41, 5.74) is 1.30. The second-order valence-corrected chi connectivity index (χ2v) is 12.5. The molecule has 0 bridgehead atoms. The minimum Gasteiger partial charge on any atom is -0.354 e. The van der Waals surface area contributed by atoms with Gasteiger partial charge in [-0.3, -0.25) is 13.9 Å². The van der Waals surface area contributed by atoms with Crippen LogP contribution in [0, 0.1) is 11.7 Å². The smallest absolute Gasteiger partial charge is 0.264 e. The van der Waals surface area contributed by atoms with Crippen LogP contribution in [0.15, 0.2) is 120 Å². The van der Waals surface area contributed by atoms with E-state index >= 15 is 0 Å².